The quantitative estimate of drug-likeness (QED) is 0.906. The average Bonchev–Trinajstić information content (AvgIpc) is 2.10. The van der Waals surface area contributed by atoms with Crippen LogP contribution in [-0.4, -0.2) is 13.2 Å². The summed E-state index contributed by atoms with van der Waals surface area (Å²) < 4.78 is 6.22. The Hall–Kier alpha value is -0.410. The molecule has 4 heteroatoms. The van der Waals surface area contributed by atoms with Gasteiger partial charge in [-0.1, -0.05) is 11.6 Å². The number of benzene rings is 1. The van der Waals surface area contributed by atoms with Crippen LogP contribution in [0.4, 0.5) is 5.69 Å². The van der Waals surface area contributed by atoms with Crippen LogP contribution in [0.1, 0.15) is 19.3 Å². The van der Waals surface area contributed by atoms with Gasteiger partial charge in [0.15, 0.2) is 5.75 Å². The molecule has 1 saturated carbocycles. The van der Waals surface area contributed by atoms with E-state index in [1.807, 2.05) is 12.1 Å². The largest absolute Gasteiger partial charge is 0.493 e. The molecule has 1 fully saturated rings. The highest BCUT2D eigenvalue weighted by Crippen LogP contribution is 2.38. The fraction of sp³-hybridized carbons (Fsp3) is 0.455. The van der Waals surface area contributed by atoms with Gasteiger partial charge in [0.1, 0.15) is 0 Å². The van der Waals surface area contributed by atoms with Gasteiger partial charge in [-0.05, 0) is 47.3 Å². The van der Waals surface area contributed by atoms with E-state index in [1.54, 1.807) is 7.11 Å². The van der Waals surface area contributed by atoms with Crippen molar-refractivity contribution in [3.05, 3.63) is 21.6 Å². The third-order valence-corrected chi connectivity index (χ3v) is 3.48. The van der Waals surface area contributed by atoms with Gasteiger partial charge in [-0.15, -0.1) is 0 Å². The molecule has 15 heavy (non-hydrogen) atoms. The maximum Gasteiger partial charge on any atom is 0.156 e. The van der Waals surface area contributed by atoms with Gasteiger partial charge < -0.3 is 10.1 Å². The van der Waals surface area contributed by atoms with Crippen LogP contribution in [0.15, 0.2) is 16.6 Å². The molecule has 1 aromatic carbocycles. The summed E-state index contributed by atoms with van der Waals surface area (Å²) in [6.45, 7) is 0. The summed E-state index contributed by atoms with van der Waals surface area (Å²) in [6, 6.07) is 4.32. The zero-order chi connectivity index (χ0) is 10.8. The van der Waals surface area contributed by atoms with Crippen molar-refractivity contribution in [2.75, 3.05) is 12.4 Å². The summed E-state index contributed by atoms with van der Waals surface area (Å²) in [5.74, 6) is 0.825. The van der Waals surface area contributed by atoms with E-state index >= 15 is 0 Å². The topological polar surface area (TPSA) is 21.3 Å². The van der Waals surface area contributed by atoms with E-state index in [0.717, 1.165) is 15.9 Å². The second-order valence-corrected chi connectivity index (χ2v) is 5.03. The molecule has 2 nitrogen and oxygen atoms in total. The smallest absolute Gasteiger partial charge is 0.156 e. The Morgan fingerprint density at radius 3 is 2.73 bits per heavy atom. The highest BCUT2D eigenvalue weighted by Gasteiger charge is 2.19. The number of hydrogen-bond acceptors (Lipinski definition) is 2. The van der Waals surface area contributed by atoms with Crippen molar-refractivity contribution >= 4 is 33.2 Å². The van der Waals surface area contributed by atoms with Crippen molar-refractivity contribution in [3.8, 4) is 5.75 Å². The highest BCUT2D eigenvalue weighted by molar-refractivity contribution is 9.10. The Morgan fingerprint density at radius 1 is 1.47 bits per heavy atom. The summed E-state index contributed by atoms with van der Waals surface area (Å²) >= 11 is 9.44. The normalized spacial score (nSPS) is 15.9. The lowest BCUT2D eigenvalue weighted by atomic mass is 9.93. The molecule has 0 atom stereocenters. The zero-order valence-corrected chi connectivity index (χ0v) is 10.9. The Bertz CT molecular complexity index is 366. The van der Waals surface area contributed by atoms with Crippen LogP contribution in [0.3, 0.4) is 0 Å². The first kappa shape index (κ1) is 11.1. The minimum atomic E-state index is 0.573. The number of halogens is 2. The molecule has 0 bridgehead atoms. The van der Waals surface area contributed by atoms with Crippen LogP contribution in [0.2, 0.25) is 5.02 Å². The second-order valence-electron chi connectivity index (χ2n) is 3.74. The van der Waals surface area contributed by atoms with E-state index in [9.17, 15) is 0 Å². The fourth-order valence-electron chi connectivity index (χ4n) is 1.65. The van der Waals surface area contributed by atoms with Crippen LogP contribution in [-0.2, 0) is 0 Å². The molecular weight excluding hydrogens is 277 g/mol. The van der Waals surface area contributed by atoms with Crippen LogP contribution < -0.4 is 10.1 Å². The summed E-state index contributed by atoms with van der Waals surface area (Å²) in [5, 5.41) is 4.15. The lowest BCUT2D eigenvalue weighted by Crippen LogP contribution is -2.27. The first-order valence-corrected chi connectivity index (χ1v) is 6.17. The molecule has 82 valence electrons. The maximum absolute atomic E-state index is 6.00. The molecule has 0 aromatic heterocycles. The molecule has 1 aromatic rings. The van der Waals surface area contributed by atoms with Gasteiger partial charge >= 0.3 is 0 Å². The summed E-state index contributed by atoms with van der Waals surface area (Å²) in [4.78, 5) is 0. The Balaban J connectivity index is 2.25. The number of nitrogens with one attached hydrogen (secondary N) is 1. The van der Waals surface area contributed by atoms with Gasteiger partial charge in [-0.25, -0.2) is 0 Å². The average molecular weight is 291 g/mol. The molecule has 0 spiro atoms. The highest BCUT2D eigenvalue weighted by atomic mass is 79.9. The van der Waals surface area contributed by atoms with Crippen molar-refractivity contribution in [1.29, 1.82) is 0 Å². The van der Waals surface area contributed by atoms with E-state index in [0.29, 0.717) is 11.1 Å². The van der Waals surface area contributed by atoms with Crippen molar-refractivity contribution in [1.82, 2.24) is 0 Å². The molecule has 0 aliphatic heterocycles. The van der Waals surface area contributed by atoms with Crippen molar-refractivity contribution < 1.29 is 4.74 Å². The lowest BCUT2D eigenvalue weighted by molar-refractivity contribution is 0.407. The van der Waals surface area contributed by atoms with Crippen molar-refractivity contribution in [2.24, 2.45) is 0 Å². The fourth-order valence-corrected chi connectivity index (χ4v) is 2.62. The summed E-state index contributed by atoms with van der Waals surface area (Å²) in [5.41, 5.74) is 0.974. The van der Waals surface area contributed by atoms with E-state index in [1.165, 1.54) is 19.3 Å². The molecule has 1 aliphatic carbocycles. The number of methoxy groups -OCH3 is 1. The standard InChI is InChI=1S/C11H13BrClNO/c1-15-11-9(12)5-7(13)6-10(11)14-8-3-2-4-8/h5-6,8,14H,2-4H2,1H3. The van der Waals surface area contributed by atoms with Crippen LogP contribution in [0.25, 0.3) is 0 Å². The minimum Gasteiger partial charge on any atom is -0.493 e. The van der Waals surface area contributed by atoms with Gasteiger partial charge in [0.2, 0.25) is 0 Å². The molecule has 0 saturated heterocycles. The van der Waals surface area contributed by atoms with Gasteiger partial charge in [0, 0.05) is 11.1 Å². The van der Waals surface area contributed by atoms with Gasteiger partial charge in [0.05, 0.1) is 17.3 Å². The Labute approximate surface area is 103 Å². The van der Waals surface area contributed by atoms with Gasteiger partial charge in [-0.2, -0.15) is 0 Å². The monoisotopic (exact) mass is 289 g/mol. The molecular formula is C11H13BrClNO. The van der Waals surface area contributed by atoms with Gasteiger partial charge in [0.25, 0.3) is 0 Å². The minimum absolute atomic E-state index is 0.573. The van der Waals surface area contributed by atoms with E-state index in [2.05, 4.69) is 21.2 Å². The van der Waals surface area contributed by atoms with Crippen LogP contribution in [0, 0.1) is 0 Å². The molecule has 2 rings (SSSR count). The summed E-state index contributed by atoms with van der Waals surface area (Å²) in [7, 11) is 1.67. The van der Waals surface area contributed by atoms with Gasteiger partial charge in [-0.3, -0.25) is 0 Å². The predicted octanol–water partition coefficient (Wildman–Crippen LogP) is 4.08. The molecule has 1 N–H and O–H groups in total. The van der Waals surface area contributed by atoms with E-state index < -0.39 is 0 Å². The van der Waals surface area contributed by atoms with E-state index in [4.69, 9.17) is 16.3 Å². The molecule has 0 heterocycles. The predicted molar refractivity (Wildman–Crippen MR) is 67.0 cm³/mol. The zero-order valence-electron chi connectivity index (χ0n) is 8.52. The first-order chi connectivity index (χ1) is 7.20. The Kier molecular flexibility index (Phi) is 3.42. The molecule has 0 radical (unpaired) electrons. The number of rotatable bonds is 3. The molecule has 1 aliphatic rings. The van der Waals surface area contributed by atoms with Crippen LogP contribution >= 0.6 is 27.5 Å². The van der Waals surface area contributed by atoms with Crippen LogP contribution in [0.5, 0.6) is 5.75 Å². The SMILES string of the molecule is COc1c(Br)cc(Cl)cc1NC1CCC1. The maximum atomic E-state index is 6.00. The molecule has 0 amide bonds. The van der Waals surface area contributed by atoms with Crippen molar-refractivity contribution in [3.63, 3.8) is 0 Å². The number of ether oxygens (including phenoxy) is 1. The number of hydrogen-bond donors (Lipinski definition) is 1. The second kappa shape index (κ2) is 4.62. The lowest BCUT2D eigenvalue weighted by Gasteiger charge is -2.28. The van der Waals surface area contributed by atoms with E-state index in [-0.39, 0.29) is 0 Å². The summed E-state index contributed by atoms with van der Waals surface area (Å²) in [6.07, 6.45) is 3.77. The van der Waals surface area contributed by atoms with Crippen molar-refractivity contribution in [2.45, 2.75) is 25.3 Å². The third kappa shape index (κ3) is 2.40. The third-order valence-electron chi connectivity index (χ3n) is 2.68. The number of anilines is 1. The first-order valence-electron chi connectivity index (χ1n) is 5.00. The molecule has 0 unspecified atom stereocenters. The Morgan fingerprint density at radius 2 is 2.20 bits per heavy atom.